The molecule has 0 heterocycles. The summed E-state index contributed by atoms with van der Waals surface area (Å²) in [5.41, 5.74) is 1.40. The lowest BCUT2D eigenvalue weighted by atomic mass is 9.88. The third kappa shape index (κ3) is 2.66. The van der Waals surface area contributed by atoms with E-state index in [1.165, 1.54) is 31.3 Å². The van der Waals surface area contributed by atoms with Crippen molar-refractivity contribution in [3.63, 3.8) is 0 Å². The van der Waals surface area contributed by atoms with Gasteiger partial charge in [-0.3, -0.25) is 0 Å². The van der Waals surface area contributed by atoms with Gasteiger partial charge in [-0.2, -0.15) is 0 Å². The standard InChI is InChI=1S/C12H22/c1-9(2)12-7-10(3)5-6-11(4)8-12/h10-12H,1,5-8H2,2-4H3. The van der Waals surface area contributed by atoms with E-state index in [-0.39, 0.29) is 0 Å². The van der Waals surface area contributed by atoms with Crippen LogP contribution >= 0.6 is 0 Å². The van der Waals surface area contributed by atoms with E-state index in [0.717, 1.165) is 17.8 Å². The molecule has 1 saturated carbocycles. The van der Waals surface area contributed by atoms with Gasteiger partial charge in [-0.25, -0.2) is 0 Å². The monoisotopic (exact) mass is 166 g/mol. The summed E-state index contributed by atoms with van der Waals surface area (Å²) in [7, 11) is 0. The Bertz CT molecular complexity index is 145. The average Bonchev–Trinajstić information content (AvgIpc) is 2.13. The van der Waals surface area contributed by atoms with E-state index in [9.17, 15) is 0 Å². The van der Waals surface area contributed by atoms with Crippen molar-refractivity contribution in [2.75, 3.05) is 0 Å². The number of hydrogen-bond donors (Lipinski definition) is 0. The summed E-state index contributed by atoms with van der Waals surface area (Å²) in [6.45, 7) is 11.0. The minimum absolute atomic E-state index is 0.803. The summed E-state index contributed by atoms with van der Waals surface area (Å²) >= 11 is 0. The predicted octanol–water partition coefficient (Wildman–Crippen LogP) is 4.02. The zero-order chi connectivity index (χ0) is 9.14. The normalized spacial score (nSPS) is 37.4. The van der Waals surface area contributed by atoms with Crippen LogP contribution in [0.1, 0.15) is 46.5 Å². The maximum atomic E-state index is 4.09. The minimum atomic E-state index is 0.803. The molecule has 0 aromatic carbocycles. The van der Waals surface area contributed by atoms with Crippen LogP contribution in [0.5, 0.6) is 0 Å². The van der Waals surface area contributed by atoms with Gasteiger partial charge < -0.3 is 0 Å². The highest BCUT2D eigenvalue weighted by atomic mass is 14.3. The summed E-state index contributed by atoms with van der Waals surface area (Å²) in [5.74, 6) is 2.63. The van der Waals surface area contributed by atoms with Gasteiger partial charge in [0.15, 0.2) is 0 Å². The van der Waals surface area contributed by atoms with Crippen molar-refractivity contribution in [3.8, 4) is 0 Å². The Morgan fingerprint density at radius 3 is 1.83 bits per heavy atom. The van der Waals surface area contributed by atoms with Crippen LogP contribution in [-0.2, 0) is 0 Å². The van der Waals surface area contributed by atoms with Gasteiger partial charge >= 0.3 is 0 Å². The molecule has 0 N–H and O–H groups in total. The summed E-state index contributed by atoms with van der Waals surface area (Å²) < 4.78 is 0. The first-order valence-corrected chi connectivity index (χ1v) is 5.25. The second-order valence-electron chi connectivity index (χ2n) is 4.80. The van der Waals surface area contributed by atoms with E-state index >= 15 is 0 Å². The first-order valence-electron chi connectivity index (χ1n) is 5.25. The molecule has 0 nitrogen and oxygen atoms in total. The van der Waals surface area contributed by atoms with Gasteiger partial charge in [-0.15, -0.1) is 0 Å². The van der Waals surface area contributed by atoms with Crippen LogP contribution < -0.4 is 0 Å². The maximum absolute atomic E-state index is 4.09. The van der Waals surface area contributed by atoms with E-state index in [1.54, 1.807) is 0 Å². The largest absolute Gasteiger partial charge is 0.0999 e. The third-order valence-corrected chi connectivity index (χ3v) is 3.22. The zero-order valence-electron chi connectivity index (χ0n) is 8.77. The van der Waals surface area contributed by atoms with Crippen LogP contribution in [0.3, 0.4) is 0 Å². The van der Waals surface area contributed by atoms with Gasteiger partial charge in [0.05, 0.1) is 0 Å². The highest BCUT2D eigenvalue weighted by Gasteiger charge is 2.21. The molecule has 12 heavy (non-hydrogen) atoms. The van der Waals surface area contributed by atoms with Crippen molar-refractivity contribution in [2.24, 2.45) is 17.8 Å². The second kappa shape index (κ2) is 4.11. The lowest BCUT2D eigenvalue weighted by Crippen LogP contribution is -2.06. The van der Waals surface area contributed by atoms with Gasteiger partial charge in [0.25, 0.3) is 0 Å². The molecule has 1 rings (SSSR count). The summed E-state index contributed by atoms with van der Waals surface area (Å²) in [5, 5.41) is 0. The van der Waals surface area contributed by atoms with E-state index < -0.39 is 0 Å². The van der Waals surface area contributed by atoms with Crippen molar-refractivity contribution >= 4 is 0 Å². The van der Waals surface area contributed by atoms with Crippen LogP contribution in [0.4, 0.5) is 0 Å². The molecule has 0 saturated heterocycles. The molecule has 0 spiro atoms. The molecule has 2 unspecified atom stereocenters. The molecule has 1 fully saturated rings. The van der Waals surface area contributed by atoms with E-state index in [4.69, 9.17) is 0 Å². The smallest absolute Gasteiger partial charge is 0.0204 e. The molecule has 0 aromatic rings. The summed E-state index contributed by atoms with van der Waals surface area (Å²) in [4.78, 5) is 0. The van der Waals surface area contributed by atoms with Gasteiger partial charge in [0, 0.05) is 0 Å². The summed E-state index contributed by atoms with van der Waals surface area (Å²) in [6, 6.07) is 0. The van der Waals surface area contributed by atoms with E-state index in [0.29, 0.717) is 0 Å². The second-order valence-corrected chi connectivity index (χ2v) is 4.80. The predicted molar refractivity (Wildman–Crippen MR) is 55.1 cm³/mol. The Morgan fingerprint density at radius 2 is 1.50 bits per heavy atom. The first-order chi connectivity index (χ1) is 5.59. The van der Waals surface area contributed by atoms with Crippen molar-refractivity contribution in [1.82, 2.24) is 0 Å². The fraction of sp³-hybridized carbons (Fsp3) is 0.833. The molecule has 0 aliphatic heterocycles. The molecule has 0 heteroatoms. The SMILES string of the molecule is C=C(C)C1CC(C)CCC(C)C1. The van der Waals surface area contributed by atoms with Gasteiger partial charge in [-0.1, -0.05) is 38.8 Å². The molecule has 0 amide bonds. The average molecular weight is 166 g/mol. The van der Waals surface area contributed by atoms with Gasteiger partial charge in [-0.05, 0) is 37.5 Å². The number of rotatable bonds is 1. The first kappa shape index (κ1) is 9.83. The number of allylic oxidation sites excluding steroid dienone is 1. The molecule has 1 aliphatic carbocycles. The number of hydrogen-bond acceptors (Lipinski definition) is 0. The topological polar surface area (TPSA) is 0 Å². The molecule has 0 aromatic heterocycles. The van der Waals surface area contributed by atoms with Crippen molar-refractivity contribution < 1.29 is 0 Å². The van der Waals surface area contributed by atoms with Crippen molar-refractivity contribution in [3.05, 3.63) is 12.2 Å². The van der Waals surface area contributed by atoms with Crippen LogP contribution in [0.15, 0.2) is 12.2 Å². The molecular weight excluding hydrogens is 144 g/mol. The Kier molecular flexibility index (Phi) is 3.37. The van der Waals surface area contributed by atoms with Crippen LogP contribution in [0, 0.1) is 17.8 Å². The van der Waals surface area contributed by atoms with Gasteiger partial charge in [0.1, 0.15) is 0 Å². The van der Waals surface area contributed by atoms with E-state index in [2.05, 4.69) is 27.4 Å². The molecule has 70 valence electrons. The molecular formula is C12H22. The van der Waals surface area contributed by atoms with Crippen molar-refractivity contribution in [2.45, 2.75) is 46.5 Å². The highest BCUT2D eigenvalue weighted by molar-refractivity contribution is 4.98. The molecule has 0 bridgehead atoms. The van der Waals surface area contributed by atoms with E-state index in [1.807, 2.05) is 0 Å². The Balaban J connectivity index is 2.55. The lowest BCUT2D eigenvalue weighted by Gasteiger charge is -2.18. The Labute approximate surface area is 77.1 Å². The van der Waals surface area contributed by atoms with Gasteiger partial charge in [0.2, 0.25) is 0 Å². The highest BCUT2D eigenvalue weighted by Crippen LogP contribution is 2.34. The Hall–Kier alpha value is -0.260. The minimum Gasteiger partial charge on any atom is -0.0999 e. The molecule has 0 radical (unpaired) electrons. The maximum Gasteiger partial charge on any atom is -0.0204 e. The quantitative estimate of drug-likeness (QED) is 0.407. The summed E-state index contributed by atoms with van der Waals surface area (Å²) in [6.07, 6.45) is 5.59. The van der Waals surface area contributed by atoms with Crippen LogP contribution in [0.25, 0.3) is 0 Å². The molecule has 1 aliphatic rings. The fourth-order valence-corrected chi connectivity index (χ4v) is 2.27. The van der Waals surface area contributed by atoms with Crippen LogP contribution in [-0.4, -0.2) is 0 Å². The molecule has 2 atom stereocenters. The third-order valence-electron chi connectivity index (χ3n) is 3.22. The fourth-order valence-electron chi connectivity index (χ4n) is 2.27. The van der Waals surface area contributed by atoms with Crippen LogP contribution in [0.2, 0.25) is 0 Å². The lowest BCUT2D eigenvalue weighted by molar-refractivity contribution is 0.424. The zero-order valence-corrected chi connectivity index (χ0v) is 8.77. The van der Waals surface area contributed by atoms with Crippen molar-refractivity contribution in [1.29, 1.82) is 0 Å². The Morgan fingerprint density at radius 1 is 1.08 bits per heavy atom.